The minimum Gasteiger partial charge on any atom is -0.497 e. The summed E-state index contributed by atoms with van der Waals surface area (Å²) in [7, 11) is 0.622. The molecule has 0 aliphatic carbocycles. The number of likely N-dealkylation sites (N-methyl/N-ethyl adjacent to an activating group) is 1. The van der Waals surface area contributed by atoms with E-state index in [0.29, 0.717) is 56.2 Å². The van der Waals surface area contributed by atoms with Gasteiger partial charge in [-0.15, -0.1) is 0 Å². The number of piperidine rings is 1. The van der Waals surface area contributed by atoms with Gasteiger partial charge in [0.15, 0.2) is 5.79 Å². The number of benzene rings is 1. The highest BCUT2D eigenvalue weighted by Crippen LogP contribution is 2.37. The Bertz CT molecular complexity index is 923. The molecule has 3 fully saturated rings. The van der Waals surface area contributed by atoms with Crippen LogP contribution in [0, 0.1) is 0 Å². The molecule has 1 aromatic rings. The molecule has 10 nitrogen and oxygen atoms in total. The molecule has 1 aromatic carbocycles. The summed E-state index contributed by atoms with van der Waals surface area (Å²) in [5, 5.41) is 0. The molecule has 31 heavy (non-hydrogen) atoms. The number of carbonyl (C=O) groups is 1. The van der Waals surface area contributed by atoms with Crippen LogP contribution in [0.5, 0.6) is 11.5 Å². The molecule has 172 valence electrons. The smallest absolute Gasteiger partial charge is 0.280 e. The average molecular weight is 456 g/mol. The maximum Gasteiger partial charge on any atom is 0.280 e. The molecular formula is C20H29N3O7S. The molecule has 0 radical (unpaired) electrons. The van der Waals surface area contributed by atoms with Gasteiger partial charge in [0.25, 0.3) is 10.2 Å². The molecule has 1 spiro atoms. The molecule has 0 aromatic heterocycles. The van der Waals surface area contributed by atoms with Crippen LogP contribution in [0.4, 0.5) is 0 Å². The zero-order chi connectivity index (χ0) is 22.2. The zero-order valence-electron chi connectivity index (χ0n) is 18.0. The summed E-state index contributed by atoms with van der Waals surface area (Å²) < 4.78 is 51.7. The second kappa shape index (κ2) is 8.55. The van der Waals surface area contributed by atoms with Crippen LogP contribution in [0.15, 0.2) is 18.2 Å². The van der Waals surface area contributed by atoms with E-state index in [1.165, 1.54) is 21.3 Å². The van der Waals surface area contributed by atoms with Gasteiger partial charge >= 0.3 is 0 Å². The van der Waals surface area contributed by atoms with Gasteiger partial charge in [-0.25, -0.2) is 0 Å². The van der Waals surface area contributed by atoms with Gasteiger partial charge in [0, 0.05) is 38.5 Å². The number of methoxy groups -OCH3 is 2. The van der Waals surface area contributed by atoms with Gasteiger partial charge in [0.1, 0.15) is 17.5 Å². The van der Waals surface area contributed by atoms with Crippen LogP contribution in [0.1, 0.15) is 30.9 Å². The highest BCUT2D eigenvalue weighted by molar-refractivity contribution is 7.87. The van der Waals surface area contributed by atoms with Crippen molar-refractivity contribution in [3.63, 3.8) is 0 Å². The first-order valence-electron chi connectivity index (χ1n) is 10.3. The molecule has 3 saturated heterocycles. The van der Waals surface area contributed by atoms with Gasteiger partial charge in [0.05, 0.1) is 33.5 Å². The first-order valence-corrected chi connectivity index (χ1v) is 11.8. The number of rotatable bonds is 4. The normalized spacial score (nSPS) is 27.9. The molecule has 1 N–H and O–H groups in total. The van der Waals surface area contributed by atoms with Crippen molar-refractivity contribution < 1.29 is 32.2 Å². The van der Waals surface area contributed by atoms with Crippen molar-refractivity contribution in [3.8, 4) is 11.5 Å². The second-order valence-corrected chi connectivity index (χ2v) is 9.75. The lowest BCUT2D eigenvalue weighted by atomic mass is 9.96. The lowest BCUT2D eigenvalue weighted by molar-refractivity contribution is -0.188. The molecular weight excluding hydrogens is 426 g/mol. The molecule has 0 saturated carbocycles. The van der Waals surface area contributed by atoms with E-state index in [9.17, 15) is 13.2 Å². The summed E-state index contributed by atoms with van der Waals surface area (Å²) in [6.45, 7) is 2.05. The largest absolute Gasteiger partial charge is 0.497 e. The number of carbonyl (C=O) groups excluding carboxylic acids is 1. The van der Waals surface area contributed by atoms with Crippen molar-refractivity contribution in [3.05, 3.63) is 23.8 Å². The predicted molar refractivity (Wildman–Crippen MR) is 111 cm³/mol. The number of hydrogen-bond acceptors (Lipinski definition) is 7. The summed E-state index contributed by atoms with van der Waals surface area (Å²) in [4.78, 5) is 15.1. The molecule has 3 heterocycles. The van der Waals surface area contributed by atoms with E-state index in [1.807, 2.05) is 0 Å². The quantitative estimate of drug-likeness (QED) is 0.710. The van der Waals surface area contributed by atoms with Crippen LogP contribution >= 0.6 is 0 Å². The molecule has 3 aliphatic heterocycles. The Morgan fingerprint density at radius 1 is 1.16 bits per heavy atom. The summed E-state index contributed by atoms with van der Waals surface area (Å²) in [6.07, 6.45) is 1.42. The Labute approximate surface area is 182 Å². The van der Waals surface area contributed by atoms with Gasteiger partial charge in [-0.3, -0.25) is 4.79 Å². The number of ether oxygens (including phenoxy) is 4. The third-order valence-electron chi connectivity index (χ3n) is 6.32. The Hall–Kier alpha value is -1.92. The molecule has 1 amide bonds. The van der Waals surface area contributed by atoms with Gasteiger partial charge in [-0.05, 0) is 24.6 Å². The fourth-order valence-corrected chi connectivity index (χ4v) is 5.73. The molecule has 2 atom stereocenters. The molecule has 0 bridgehead atoms. The van der Waals surface area contributed by atoms with Crippen LogP contribution in [-0.2, 0) is 24.5 Å². The number of nitrogens with zero attached hydrogens (tertiary/aromatic N) is 2. The van der Waals surface area contributed by atoms with E-state index in [1.54, 1.807) is 23.1 Å². The van der Waals surface area contributed by atoms with Crippen LogP contribution in [-0.4, -0.2) is 82.9 Å². The lowest BCUT2D eigenvalue weighted by Gasteiger charge is -2.42. The van der Waals surface area contributed by atoms with E-state index >= 15 is 0 Å². The zero-order valence-corrected chi connectivity index (χ0v) is 18.8. The second-order valence-electron chi connectivity index (χ2n) is 7.98. The van der Waals surface area contributed by atoms with Gasteiger partial charge in [-0.1, -0.05) is 0 Å². The van der Waals surface area contributed by atoms with Crippen LogP contribution in [0.2, 0.25) is 0 Å². The predicted octanol–water partition coefficient (Wildman–Crippen LogP) is 0.649. The topological polar surface area (TPSA) is 107 Å². The summed E-state index contributed by atoms with van der Waals surface area (Å²) >= 11 is 0. The van der Waals surface area contributed by atoms with E-state index in [-0.39, 0.29) is 12.3 Å². The van der Waals surface area contributed by atoms with Gasteiger partial charge in [0.2, 0.25) is 5.91 Å². The van der Waals surface area contributed by atoms with E-state index in [0.717, 1.165) is 4.31 Å². The molecule has 0 unspecified atom stereocenters. The number of amides is 1. The Balaban J connectivity index is 1.56. The number of nitrogens with one attached hydrogen (secondary N) is 1. The Kier molecular flexibility index (Phi) is 6.14. The van der Waals surface area contributed by atoms with Gasteiger partial charge in [-0.2, -0.15) is 17.4 Å². The van der Waals surface area contributed by atoms with E-state index in [2.05, 4.69) is 4.72 Å². The highest BCUT2D eigenvalue weighted by Gasteiger charge is 2.46. The summed E-state index contributed by atoms with van der Waals surface area (Å²) in [5.41, 5.74) is 0.627. The minimum absolute atomic E-state index is 0.215. The standard InChI is InChI=1S/C20H29N3O7S/c1-22-17(19(24)23-8-6-20(7-9-23)29-10-11-30-20)13-16(21-31(22,25)26)15-12-14(27-2)4-5-18(15)28-3/h4-5,12,16-17,21H,6-11,13H2,1-3H3/t16-,17+/m0/s1. The van der Waals surface area contributed by atoms with E-state index < -0.39 is 28.1 Å². The van der Waals surface area contributed by atoms with Crippen molar-refractivity contribution in [2.24, 2.45) is 0 Å². The fraction of sp³-hybridized carbons (Fsp3) is 0.650. The van der Waals surface area contributed by atoms with Crippen molar-refractivity contribution in [1.29, 1.82) is 0 Å². The highest BCUT2D eigenvalue weighted by atomic mass is 32.2. The lowest BCUT2D eigenvalue weighted by Crippen LogP contribution is -2.59. The Morgan fingerprint density at radius 2 is 1.84 bits per heavy atom. The molecule has 4 rings (SSSR count). The maximum absolute atomic E-state index is 13.4. The number of hydrogen-bond donors (Lipinski definition) is 1. The first kappa shape index (κ1) is 22.3. The van der Waals surface area contributed by atoms with Crippen LogP contribution in [0.25, 0.3) is 0 Å². The third kappa shape index (κ3) is 4.24. The maximum atomic E-state index is 13.4. The average Bonchev–Trinajstić information content (AvgIpc) is 3.23. The minimum atomic E-state index is -3.87. The first-order chi connectivity index (χ1) is 14.8. The summed E-state index contributed by atoms with van der Waals surface area (Å²) in [6, 6.07) is 3.75. The summed E-state index contributed by atoms with van der Waals surface area (Å²) in [5.74, 6) is 0.293. The SMILES string of the molecule is COc1ccc(OC)c([C@@H]2C[C@H](C(=O)N3CCC4(CC3)OCCO4)N(C)S(=O)(=O)N2)c1. The van der Waals surface area contributed by atoms with Crippen molar-refractivity contribution >= 4 is 16.1 Å². The van der Waals surface area contributed by atoms with Crippen molar-refractivity contribution in [2.75, 3.05) is 47.6 Å². The molecule has 11 heteroatoms. The molecule has 3 aliphatic rings. The van der Waals surface area contributed by atoms with Crippen molar-refractivity contribution in [1.82, 2.24) is 13.9 Å². The van der Waals surface area contributed by atoms with Crippen molar-refractivity contribution in [2.45, 2.75) is 37.1 Å². The van der Waals surface area contributed by atoms with E-state index in [4.69, 9.17) is 18.9 Å². The van der Waals surface area contributed by atoms with Crippen LogP contribution in [0.3, 0.4) is 0 Å². The monoisotopic (exact) mass is 455 g/mol. The number of likely N-dealkylation sites (tertiary alicyclic amines) is 1. The fourth-order valence-electron chi connectivity index (χ4n) is 4.47. The van der Waals surface area contributed by atoms with Gasteiger partial charge < -0.3 is 23.8 Å². The third-order valence-corrected chi connectivity index (χ3v) is 7.91. The Morgan fingerprint density at radius 3 is 2.45 bits per heavy atom. The van der Waals surface area contributed by atoms with Crippen LogP contribution < -0.4 is 14.2 Å².